The molecule has 0 spiro atoms. The van der Waals surface area contributed by atoms with Crippen LogP contribution in [-0.4, -0.2) is 77.2 Å². The Labute approximate surface area is 229 Å². The minimum Gasteiger partial charge on any atom is -0.384 e. The number of rotatable bonds is 9. The third-order valence-electron chi connectivity index (χ3n) is 6.35. The van der Waals surface area contributed by atoms with Crippen LogP contribution in [0.2, 0.25) is 0 Å². The molecule has 3 fully saturated rings. The van der Waals surface area contributed by atoms with E-state index in [0.717, 1.165) is 49.1 Å². The molecular weight excluding hydrogens is 528 g/mol. The molecule has 3 amide bonds. The van der Waals surface area contributed by atoms with E-state index in [2.05, 4.69) is 50.0 Å². The van der Waals surface area contributed by atoms with E-state index in [1.807, 2.05) is 10.6 Å². The largest absolute Gasteiger partial charge is 0.384 e. The van der Waals surface area contributed by atoms with Gasteiger partial charge in [-0.15, -0.1) is 0 Å². The number of halogens is 2. The lowest BCUT2D eigenvalue weighted by Crippen LogP contribution is -2.54. The summed E-state index contributed by atoms with van der Waals surface area (Å²) in [6.45, 7) is 1.76. The highest BCUT2D eigenvalue weighted by atomic mass is 19.3. The van der Waals surface area contributed by atoms with Crippen molar-refractivity contribution in [2.75, 3.05) is 26.8 Å². The maximum atomic E-state index is 12.1. The smallest absolute Gasteiger partial charge is 0.315 e. The quantitative estimate of drug-likeness (QED) is 0.308. The molecule has 3 heterocycles. The summed E-state index contributed by atoms with van der Waals surface area (Å²) in [4.78, 5) is 28.9. The molecule has 1 aromatic carbocycles. The molecule has 2 saturated carbocycles. The summed E-state index contributed by atoms with van der Waals surface area (Å²) >= 11 is 0. The average Bonchev–Trinajstić information content (AvgIpc) is 3.84. The lowest BCUT2D eigenvalue weighted by atomic mass is 10.1. The Morgan fingerprint density at radius 1 is 1.20 bits per heavy atom. The number of nitrogens with two attached hydrogens (primary N) is 1. The number of ether oxygens (including phenoxy) is 2. The number of amides is 3. The van der Waals surface area contributed by atoms with Gasteiger partial charge in [-0.25, -0.2) is 23.2 Å². The molecule has 3 aromatic rings. The van der Waals surface area contributed by atoms with Gasteiger partial charge in [0.2, 0.25) is 0 Å². The van der Waals surface area contributed by atoms with Crippen LogP contribution in [0, 0.1) is 0 Å². The van der Waals surface area contributed by atoms with Crippen molar-refractivity contribution in [3.05, 3.63) is 41.0 Å². The van der Waals surface area contributed by atoms with Gasteiger partial charge in [-0.3, -0.25) is 4.79 Å². The number of methoxy groups -OCH3 is 1. The van der Waals surface area contributed by atoms with Crippen LogP contribution in [0.25, 0.3) is 11.0 Å². The van der Waals surface area contributed by atoms with Crippen LogP contribution in [0.5, 0.6) is 0 Å². The van der Waals surface area contributed by atoms with Gasteiger partial charge in [0.25, 0.3) is 11.8 Å². The number of hydrogen-bond acceptors (Lipinski definition) is 8. The Hall–Kier alpha value is -3.65. The number of alkyl halides is 2. The molecule has 40 heavy (non-hydrogen) atoms. The number of hydrogen-bond donors (Lipinski definition) is 4. The topological polar surface area (TPSA) is 170 Å². The Balaban J connectivity index is 0.000000155. The third kappa shape index (κ3) is 8.95. The Morgan fingerprint density at radius 2 is 1.93 bits per heavy atom. The number of imidazole rings is 1. The molecule has 2 aliphatic carbocycles. The van der Waals surface area contributed by atoms with Crippen LogP contribution in [0.1, 0.15) is 66.1 Å². The average molecular weight is 564 g/mol. The number of urea groups is 1. The van der Waals surface area contributed by atoms with Gasteiger partial charge in [-0.2, -0.15) is 0 Å². The molecular formula is C26H35F2N7O5. The zero-order valence-electron chi connectivity index (χ0n) is 22.5. The summed E-state index contributed by atoms with van der Waals surface area (Å²) in [5.41, 5.74) is 9.24. The highest BCUT2D eigenvalue weighted by Gasteiger charge is 2.33. The maximum Gasteiger partial charge on any atom is 0.315 e. The van der Waals surface area contributed by atoms with E-state index in [4.69, 9.17) is 15.2 Å². The first-order chi connectivity index (χ1) is 19.1. The third-order valence-corrected chi connectivity index (χ3v) is 6.35. The summed E-state index contributed by atoms with van der Waals surface area (Å²) in [5.74, 6) is -1.98. The molecule has 0 unspecified atom stereocenters. The summed E-state index contributed by atoms with van der Waals surface area (Å²) in [6, 6.07) is 5.83. The molecule has 3 aliphatic rings. The fraction of sp³-hybridized carbons (Fsp3) is 0.577. The highest BCUT2D eigenvalue weighted by Crippen LogP contribution is 2.40. The number of benzene rings is 1. The van der Waals surface area contributed by atoms with Crippen LogP contribution < -0.4 is 16.4 Å². The number of nitrogens with one attached hydrogen (secondary N) is 3. The van der Waals surface area contributed by atoms with Gasteiger partial charge in [0.1, 0.15) is 11.5 Å². The van der Waals surface area contributed by atoms with E-state index < -0.39 is 31.0 Å². The second-order valence-electron chi connectivity index (χ2n) is 10.2. The van der Waals surface area contributed by atoms with E-state index in [-0.39, 0.29) is 11.8 Å². The van der Waals surface area contributed by atoms with Crippen LogP contribution in [0.4, 0.5) is 13.6 Å². The summed E-state index contributed by atoms with van der Waals surface area (Å²) in [5, 5.41) is 11.0. The molecule has 12 nitrogen and oxygen atoms in total. The summed E-state index contributed by atoms with van der Waals surface area (Å²) in [7, 11) is 1.73. The highest BCUT2D eigenvalue weighted by molar-refractivity contribution is 5.91. The minimum absolute atomic E-state index is 0.188. The van der Waals surface area contributed by atoms with Crippen LogP contribution in [-0.2, 0) is 22.3 Å². The van der Waals surface area contributed by atoms with Gasteiger partial charge in [0.15, 0.2) is 5.69 Å². The van der Waals surface area contributed by atoms with Crippen molar-refractivity contribution < 1.29 is 32.5 Å². The first kappa shape index (κ1) is 29.3. The van der Waals surface area contributed by atoms with Crippen LogP contribution >= 0.6 is 0 Å². The number of nitrogens with zero attached hydrogens (tertiary/aromatic N) is 3. The Bertz CT molecular complexity index is 1280. The van der Waals surface area contributed by atoms with Crippen molar-refractivity contribution in [1.29, 1.82) is 0 Å². The SMILES string of the molecule is COCCc1ccc2nc(C[C@@H](C)OC3CC3)[nH]c2c1.NC(=O)c1nonc1C1CC1.O=C1NCC(F)(F)CN1. The first-order valence-corrected chi connectivity index (χ1v) is 13.3. The monoisotopic (exact) mass is 563 g/mol. The van der Waals surface area contributed by atoms with Gasteiger partial charge in [-0.1, -0.05) is 11.2 Å². The van der Waals surface area contributed by atoms with Crippen molar-refractivity contribution in [1.82, 2.24) is 30.9 Å². The fourth-order valence-corrected chi connectivity index (χ4v) is 3.97. The lowest BCUT2D eigenvalue weighted by molar-refractivity contribution is -0.00118. The van der Waals surface area contributed by atoms with Crippen LogP contribution in [0.15, 0.2) is 22.8 Å². The van der Waals surface area contributed by atoms with Crippen molar-refractivity contribution in [3.63, 3.8) is 0 Å². The number of carbonyl (C=O) groups is 2. The first-order valence-electron chi connectivity index (χ1n) is 13.3. The van der Waals surface area contributed by atoms with Gasteiger partial charge in [-0.05, 0) is 61.9 Å². The standard InChI is InChI=1S/C16H22N2O2.C6H7N3O2.C4H6F2N2O/c1-11(20-13-4-5-13)9-16-17-14-6-3-12(7-8-19-2)10-15(14)18-16;7-6(10)5-4(3-1-2-3)8-11-9-5;5-4(6)1-7-3(9)8-2-4/h3,6,10-11,13H,4-5,7-9H2,1-2H3,(H,17,18);3H,1-2H2,(H2,7,10);1-2H2,(H2,7,8,9)/t11-;;/m1../s1. The Morgan fingerprint density at radius 3 is 2.52 bits per heavy atom. The van der Waals surface area contributed by atoms with Crippen molar-refractivity contribution in [2.45, 2.75) is 69.5 Å². The number of primary amides is 1. The second kappa shape index (κ2) is 13.1. The zero-order chi connectivity index (χ0) is 28.7. The molecule has 0 radical (unpaired) electrons. The molecule has 6 rings (SSSR count). The van der Waals surface area contributed by atoms with Crippen molar-refractivity contribution in [2.24, 2.45) is 5.73 Å². The molecule has 0 bridgehead atoms. The summed E-state index contributed by atoms with van der Waals surface area (Å²) < 4.78 is 39.6. The van der Waals surface area contributed by atoms with E-state index in [9.17, 15) is 18.4 Å². The fourth-order valence-electron chi connectivity index (χ4n) is 3.97. The van der Waals surface area contributed by atoms with Gasteiger partial charge in [0.05, 0.1) is 42.9 Å². The number of aromatic amines is 1. The van der Waals surface area contributed by atoms with E-state index in [1.165, 1.54) is 18.4 Å². The van der Waals surface area contributed by atoms with Crippen molar-refractivity contribution >= 4 is 23.0 Å². The number of fused-ring (bicyclic) bond motifs is 1. The Kier molecular flexibility index (Phi) is 9.63. The zero-order valence-corrected chi connectivity index (χ0v) is 22.5. The molecule has 1 atom stereocenters. The second-order valence-corrected chi connectivity index (χ2v) is 10.2. The van der Waals surface area contributed by atoms with Crippen molar-refractivity contribution in [3.8, 4) is 0 Å². The molecule has 1 saturated heterocycles. The van der Waals surface area contributed by atoms with Crippen LogP contribution in [0.3, 0.4) is 0 Å². The number of H-pyrrole nitrogens is 1. The van der Waals surface area contributed by atoms with Gasteiger partial charge < -0.3 is 30.8 Å². The molecule has 14 heteroatoms. The van der Waals surface area contributed by atoms with E-state index in [1.54, 1.807) is 7.11 Å². The minimum atomic E-state index is -2.78. The molecule has 1 aliphatic heterocycles. The molecule has 218 valence electrons. The number of carbonyl (C=O) groups excluding carboxylic acids is 2. The van der Waals surface area contributed by atoms with E-state index >= 15 is 0 Å². The van der Waals surface area contributed by atoms with Gasteiger partial charge >= 0.3 is 6.03 Å². The van der Waals surface area contributed by atoms with E-state index in [0.29, 0.717) is 17.7 Å². The lowest BCUT2D eigenvalue weighted by Gasteiger charge is -2.22. The molecule has 2 aromatic heterocycles. The predicted molar refractivity (Wildman–Crippen MR) is 140 cm³/mol. The van der Waals surface area contributed by atoms with Gasteiger partial charge in [0, 0.05) is 19.4 Å². The summed E-state index contributed by atoms with van der Waals surface area (Å²) in [6.07, 6.45) is 7.04. The maximum absolute atomic E-state index is 12.1. The molecule has 5 N–H and O–H groups in total. The normalized spacial score (nSPS) is 18.4. The predicted octanol–water partition coefficient (Wildman–Crippen LogP) is 2.84. The number of aromatic nitrogens is 4.